The maximum absolute atomic E-state index is 11.6. The van der Waals surface area contributed by atoms with Gasteiger partial charge in [0.25, 0.3) is 0 Å². The third kappa shape index (κ3) is 9.71. The Morgan fingerprint density at radius 2 is 2.00 bits per heavy atom. The molecule has 20 heavy (non-hydrogen) atoms. The fraction of sp³-hybridized carbons (Fsp3) is 0.846. The fourth-order valence-electron chi connectivity index (χ4n) is 1.54. The Balaban J connectivity index is 3.59. The van der Waals surface area contributed by atoms with Crippen molar-refractivity contribution in [3.05, 3.63) is 0 Å². The van der Waals surface area contributed by atoms with E-state index < -0.39 is 6.04 Å². The second kappa shape index (κ2) is 11.6. The molecule has 7 heteroatoms. The van der Waals surface area contributed by atoms with Crippen LogP contribution in [0.1, 0.15) is 19.8 Å². The van der Waals surface area contributed by atoms with Gasteiger partial charge < -0.3 is 25.8 Å². The van der Waals surface area contributed by atoms with Gasteiger partial charge in [0.15, 0.2) is 0 Å². The molecule has 0 radical (unpaired) electrons. The first kappa shape index (κ1) is 18.8. The van der Waals surface area contributed by atoms with Crippen molar-refractivity contribution in [3.8, 4) is 0 Å². The van der Waals surface area contributed by atoms with Gasteiger partial charge in [-0.15, -0.1) is 0 Å². The highest BCUT2D eigenvalue weighted by atomic mass is 16.5. The van der Waals surface area contributed by atoms with Crippen LogP contribution in [-0.4, -0.2) is 58.4 Å². The molecule has 7 nitrogen and oxygen atoms in total. The van der Waals surface area contributed by atoms with Gasteiger partial charge >= 0.3 is 0 Å². The van der Waals surface area contributed by atoms with Crippen LogP contribution in [0.15, 0.2) is 0 Å². The summed E-state index contributed by atoms with van der Waals surface area (Å²) in [6, 6.07) is -0.667. The Morgan fingerprint density at radius 1 is 1.30 bits per heavy atom. The number of hydrogen-bond donors (Lipinski definition) is 3. The molecule has 1 unspecified atom stereocenters. The molecule has 0 spiro atoms. The highest BCUT2D eigenvalue weighted by Crippen LogP contribution is 1.96. The van der Waals surface area contributed by atoms with E-state index in [4.69, 9.17) is 15.2 Å². The predicted octanol–water partition coefficient (Wildman–Crippen LogP) is -0.745. The molecule has 2 amide bonds. The van der Waals surface area contributed by atoms with E-state index in [1.807, 2.05) is 6.92 Å². The average Bonchev–Trinajstić information content (AvgIpc) is 2.43. The number of nitrogens with two attached hydrogens (primary N) is 1. The second-order valence-electron chi connectivity index (χ2n) is 4.74. The first-order valence-electron chi connectivity index (χ1n) is 6.81. The minimum atomic E-state index is -0.667. The number of carbonyl (C=O) groups excluding carboxylic acids is 2. The lowest BCUT2D eigenvalue weighted by Crippen LogP contribution is -2.42. The Labute approximate surface area is 120 Å². The van der Waals surface area contributed by atoms with Gasteiger partial charge in [-0.3, -0.25) is 9.59 Å². The Morgan fingerprint density at radius 3 is 2.60 bits per heavy atom. The normalized spacial score (nSPS) is 13.6. The van der Waals surface area contributed by atoms with Crippen molar-refractivity contribution in [3.63, 3.8) is 0 Å². The molecule has 4 N–H and O–H groups in total. The first-order valence-corrected chi connectivity index (χ1v) is 6.81. The number of rotatable bonds is 11. The zero-order valence-electron chi connectivity index (χ0n) is 12.6. The number of amides is 2. The van der Waals surface area contributed by atoms with E-state index >= 15 is 0 Å². The lowest BCUT2D eigenvalue weighted by molar-refractivity contribution is -0.123. The van der Waals surface area contributed by atoms with Crippen LogP contribution in [0.3, 0.4) is 0 Å². The highest BCUT2D eigenvalue weighted by molar-refractivity contribution is 5.82. The van der Waals surface area contributed by atoms with E-state index in [1.54, 1.807) is 14.2 Å². The number of ether oxygens (including phenoxy) is 2. The summed E-state index contributed by atoms with van der Waals surface area (Å²) in [5.41, 5.74) is 5.67. The van der Waals surface area contributed by atoms with Crippen LogP contribution >= 0.6 is 0 Å². The third-order valence-corrected chi connectivity index (χ3v) is 2.70. The van der Waals surface area contributed by atoms with Gasteiger partial charge in [0.2, 0.25) is 11.8 Å². The molecule has 0 heterocycles. The molecule has 118 valence electrons. The number of carbonyl (C=O) groups is 2. The third-order valence-electron chi connectivity index (χ3n) is 2.70. The van der Waals surface area contributed by atoms with Gasteiger partial charge in [-0.25, -0.2) is 0 Å². The van der Waals surface area contributed by atoms with Crippen molar-refractivity contribution in [2.75, 3.05) is 40.5 Å². The maximum atomic E-state index is 11.6. The van der Waals surface area contributed by atoms with Gasteiger partial charge in [-0.1, -0.05) is 6.92 Å². The average molecular weight is 289 g/mol. The van der Waals surface area contributed by atoms with Crippen LogP contribution in [0, 0.1) is 5.92 Å². The predicted molar refractivity (Wildman–Crippen MR) is 76.1 cm³/mol. The molecule has 0 fully saturated rings. The molecule has 0 aromatic rings. The van der Waals surface area contributed by atoms with Crippen LogP contribution < -0.4 is 16.4 Å². The second-order valence-corrected chi connectivity index (χ2v) is 4.74. The Kier molecular flexibility index (Phi) is 10.9. The molecular formula is C13H27N3O4. The molecule has 0 saturated carbocycles. The molecule has 0 aromatic carbocycles. The Hall–Kier alpha value is -1.18. The lowest BCUT2D eigenvalue weighted by Gasteiger charge is -2.13. The van der Waals surface area contributed by atoms with Crippen LogP contribution in [0.2, 0.25) is 0 Å². The van der Waals surface area contributed by atoms with Crippen molar-refractivity contribution < 1.29 is 19.1 Å². The number of nitrogens with one attached hydrogen (secondary N) is 2. The minimum absolute atomic E-state index is 0.122. The van der Waals surface area contributed by atoms with E-state index in [1.165, 1.54) is 0 Å². The van der Waals surface area contributed by atoms with Crippen LogP contribution in [-0.2, 0) is 19.1 Å². The van der Waals surface area contributed by atoms with Gasteiger partial charge in [-0.05, 0) is 6.42 Å². The van der Waals surface area contributed by atoms with Crippen LogP contribution in [0.4, 0.5) is 0 Å². The standard InChI is InChI=1S/C13H27N3O4/c1-10(8-19-3)9-20-7-6-16-13(18)11(14)4-5-12(17)15-2/h10-11H,4-9,14H2,1-3H3,(H,15,17)(H,16,18)/t10?,11-/m0/s1. The molecule has 0 rings (SSSR count). The van der Waals surface area contributed by atoms with Gasteiger partial charge in [-0.2, -0.15) is 0 Å². The SMILES string of the molecule is CNC(=O)CC[C@H](N)C(=O)NCCOCC(C)COC. The zero-order valence-corrected chi connectivity index (χ0v) is 12.6. The summed E-state index contributed by atoms with van der Waals surface area (Å²) < 4.78 is 10.4. The van der Waals surface area contributed by atoms with Crippen molar-refractivity contribution >= 4 is 11.8 Å². The van der Waals surface area contributed by atoms with E-state index in [0.717, 1.165) is 0 Å². The van der Waals surface area contributed by atoms with Crippen molar-refractivity contribution in [2.24, 2.45) is 11.7 Å². The van der Waals surface area contributed by atoms with Gasteiger partial charge in [0.05, 0.1) is 25.9 Å². The molecule has 0 bridgehead atoms. The van der Waals surface area contributed by atoms with E-state index in [9.17, 15) is 9.59 Å². The lowest BCUT2D eigenvalue weighted by atomic mass is 10.1. The van der Waals surface area contributed by atoms with Crippen LogP contribution in [0.25, 0.3) is 0 Å². The summed E-state index contributed by atoms with van der Waals surface area (Å²) in [4.78, 5) is 22.6. The topological polar surface area (TPSA) is 103 Å². The summed E-state index contributed by atoms with van der Waals surface area (Å²) in [7, 11) is 3.20. The molecule has 0 aliphatic rings. The van der Waals surface area contributed by atoms with E-state index in [0.29, 0.717) is 38.7 Å². The zero-order chi connectivity index (χ0) is 15.4. The molecule has 0 aliphatic carbocycles. The van der Waals surface area contributed by atoms with E-state index in [2.05, 4.69) is 10.6 Å². The summed E-state index contributed by atoms with van der Waals surface area (Å²) in [6.45, 7) is 4.11. The number of hydrogen-bond acceptors (Lipinski definition) is 5. The monoisotopic (exact) mass is 289 g/mol. The summed E-state index contributed by atoms with van der Waals surface area (Å²) in [5.74, 6) is -0.0586. The number of methoxy groups -OCH3 is 1. The summed E-state index contributed by atoms with van der Waals surface area (Å²) in [5, 5.41) is 5.16. The molecule has 2 atom stereocenters. The minimum Gasteiger partial charge on any atom is -0.384 e. The quantitative estimate of drug-likeness (QED) is 0.435. The first-order chi connectivity index (χ1) is 9.51. The highest BCUT2D eigenvalue weighted by Gasteiger charge is 2.14. The molecule has 0 aliphatic heterocycles. The van der Waals surface area contributed by atoms with Crippen LogP contribution in [0.5, 0.6) is 0 Å². The molecule has 0 aromatic heterocycles. The smallest absolute Gasteiger partial charge is 0.237 e. The van der Waals surface area contributed by atoms with Gasteiger partial charge in [0, 0.05) is 33.0 Å². The molecular weight excluding hydrogens is 262 g/mol. The maximum Gasteiger partial charge on any atom is 0.237 e. The molecule has 0 saturated heterocycles. The largest absolute Gasteiger partial charge is 0.384 e. The summed E-state index contributed by atoms with van der Waals surface area (Å²) >= 11 is 0. The van der Waals surface area contributed by atoms with Crippen molar-refractivity contribution in [1.29, 1.82) is 0 Å². The van der Waals surface area contributed by atoms with Gasteiger partial charge in [0.1, 0.15) is 0 Å². The van der Waals surface area contributed by atoms with Crippen molar-refractivity contribution in [2.45, 2.75) is 25.8 Å². The fourth-order valence-corrected chi connectivity index (χ4v) is 1.54. The van der Waals surface area contributed by atoms with E-state index in [-0.39, 0.29) is 18.2 Å². The Bertz CT molecular complexity index is 287. The summed E-state index contributed by atoms with van der Waals surface area (Å²) in [6.07, 6.45) is 0.577. The van der Waals surface area contributed by atoms with Crippen molar-refractivity contribution in [1.82, 2.24) is 10.6 Å².